The molecule has 3 nitrogen and oxygen atoms in total. The number of benzene rings is 1. The summed E-state index contributed by atoms with van der Waals surface area (Å²) in [6, 6.07) is 6.71. The maximum absolute atomic E-state index is 9.95. The molecule has 0 fully saturated rings. The highest BCUT2D eigenvalue weighted by molar-refractivity contribution is 9.10. The van der Waals surface area contributed by atoms with E-state index in [1.54, 1.807) is 0 Å². The summed E-state index contributed by atoms with van der Waals surface area (Å²) in [6.07, 6.45) is 0. The molecule has 0 spiro atoms. The first kappa shape index (κ1) is 16.5. The molecule has 1 rings (SSSR count). The summed E-state index contributed by atoms with van der Waals surface area (Å²) < 4.78 is 1.08. The molecule has 2 N–H and O–H groups in total. The van der Waals surface area contributed by atoms with E-state index in [1.807, 2.05) is 27.0 Å². The van der Waals surface area contributed by atoms with Crippen molar-refractivity contribution in [2.75, 3.05) is 18.5 Å². The number of rotatable bonds is 6. The van der Waals surface area contributed by atoms with Gasteiger partial charge in [0.2, 0.25) is 0 Å². The van der Waals surface area contributed by atoms with Gasteiger partial charge in [-0.15, -0.1) is 0 Å². The van der Waals surface area contributed by atoms with Crippen LogP contribution in [0.15, 0.2) is 22.7 Å². The zero-order valence-corrected chi connectivity index (χ0v) is 14.1. The Morgan fingerprint density at radius 2 is 2.00 bits per heavy atom. The lowest BCUT2D eigenvalue weighted by atomic mass is 10.1. The SMILES string of the molecule is CC(C)NCc1cc(Br)ccc1N(C)CC(C)(C)O. The van der Waals surface area contributed by atoms with Crippen LogP contribution in [0.1, 0.15) is 33.3 Å². The summed E-state index contributed by atoms with van der Waals surface area (Å²) in [7, 11) is 2.01. The molecule has 0 heterocycles. The van der Waals surface area contributed by atoms with E-state index in [4.69, 9.17) is 0 Å². The van der Waals surface area contributed by atoms with Crippen LogP contribution < -0.4 is 10.2 Å². The summed E-state index contributed by atoms with van der Waals surface area (Å²) in [5, 5.41) is 13.4. The van der Waals surface area contributed by atoms with E-state index in [0.717, 1.165) is 16.7 Å². The molecule has 1 aromatic carbocycles. The zero-order valence-electron chi connectivity index (χ0n) is 12.5. The van der Waals surface area contributed by atoms with Crippen molar-refractivity contribution in [3.05, 3.63) is 28.2 Å². The summed E-state index contributed by atoms with van der Waals surface area (Å²) in [5.41, 5.74) is 1.68. The van der Waals surface area contributed by atoms with E-state index in [1.165, 1.54) is 5.56 Å². The Morgan fingerprint density at radius 3 is 2.53 bits per heavy atom. The lowest BCUT2D eigenvalue weighted by Crippen LogP contribution is -2.37. The van der Waals surface area contributed by atoms with Gasteiger partial charge in [-0.3, -0.25) is 0 Å². The third-order valence-corrected chi connectivity index (χ3v) is 3.27. The van der Waals surface area contributed by atoms with Crippen molar-refractivity contribution < 1.29 is 5.11 Å². The smallest absolute Gasteiger partial charge is 0.0765 e. The van der Waals surface area contributed by atoms with Crippen LogP contribution in [0.25, 0.3) is 0 Å². The average molecular weight is 329 g/mol. The molecule has 0 atom stereocenters. The van der Waals surface area contributed by atoms with Gasteiger partial charge in [-0.25, -0.2) is 0 Å². The van der Waals surface area contributed by atoms with Crippen LogP contribution in [0.3, 0.4) is 0 Å². The fraction of sp³-hybridized carbons (Fsp3) is 0.600. The van der Waals surface area contributed by atoms with Crippen LogP contribution in [-0.2, 0) is 6.54 Å². The van der Waals surface area contributed by atoms with Gasteiger partial charge in [-0.1, -0.05) is 29.8 Å². The van der Waals surface area contributed by atoms with Gasteiger partial charge >= 0.3 is 0 Å². The van der Waals surface area contributed by atoms with Crippen LogP contribution >= 0.6 is 15.9 Å². The largest absolute Gasteiger partial charge is 0.389 e. The molecule has 0 saturated heterocycles. The quantitative estimate of drug-likeness (QED) is 0.842. The number of aliphatic hydroxyl groups is 1. The predicted octanol–water partition coefficient (Wildman–Crippen LogP) is 3.15. The number of nitrogens with zero attached hydrogens (tertiary/aromatic N) is 1. The molecule has 0 radical (unpaired) electrons. The van der Waals surface area contributed by atoms with Crippen molar-refractivity contribution in [3.8, 4) is 0 Å². The number of halogens is 1. The third kappa shape index (κ3) is 5.93. The minimum atomic E-state index is -0.704. The Balaban J connectivity index is 2.92. The maximum Gasteiger partial charge on any atom is 0.0765 e. The number of nitrogens with one attached hydrogen (secondary N) is 1. The highest BCUT2D eigenvalue weighted by Gasteiger charge is 2.17. The Kier molecular flexibility index (Phi) is 5.83. The lowest BCUT2D eigenvalue weighted by Gasteiger charge is -2.29. The minimum absolute atomic E-state index is 0.450. The van der Waals surface area contributed by atoms with Gasteiger partial charge in [-0.2, -0.15) is 0 Å². The molecule has 0 aromatic heterocycles. The van der Waals surface area contributed by atoms with Crippen molar-refractivity contribution in [1.82, 2.24) is 5.32 Å². The second-order valence-electron chi connectivity index (χ2n) is 5.98. The lowest BCUT2D eigenvalue weighted by molar-refractivity contribution is 0.0886. The molecule has 0 unspecified atom stereocenters. The van der Waals surface area contributed by atoms with E-state index in [9.17, 15) is 5.11 Å². The van der Waals surface area contributed by atoms with Gasteiger partial charge in [0.1, 0.15) is 0 Å². The molecular weight excluding hydrogens is 304 g/mol. The molecular formula is C15H25BrN2O. The van der Waals surface area contributed by atoms with E-state index < -0.39 is 5.60 Å². The monoisotopic (exact) mass is 328 g/mol. The highest BCUT2D eigenvalue weighted by Crippen LogP contribution is 2.25. The molecule has 1 aromatic rings. The molecule has 0 amide bonds. The van der Waals surface area contributed by atoms with Crippen LogP contribution in [0.5, 0.6) is 0 Å². The molecule has 0 saturated carbocycles. The second kappa shape index (κ2) is 6.73. The molecule has 19 heavy (non-hydrogen) atoms. The van der Waals surface area contributed by atoms with E-state index in [0.29, 0.717) is 12.6 Å². The normalized spacial score (nSPS) is 12.0. The van der Waals surface area contributed by atoms with Crippen molar-refractivity contribution in [2.24, 2.45) is 0 Å². The van der Waals surface area contributed by atoms with Crippen molar-refractivity contribution >= 4 is 21.6 Å². The number of anilines is 1. The fourth-order valence-electron chi connectivity index (χ4n) is 2.05. The molecule has 0 aliphatic rings. The van der Waals surface area contributed by atoms with Crippen molar-refractivity contribution in [3.63, 3.8) is 0 Å². The van der Waals surface area contributed by atoms with Crippen LogP contribution in [-0.4, -0.2) is 30.3 Å². The molecule has 0 aliphatic heterocycles. The Morgan fingerprint density at radius 1 is 1.37 bits per heavy atom. The molecule has 108 valence electrons. The van der Waals surface area contributed by atoms with E-state index in [-0.39, 0.29) is 0 Å². The summed E-state index contributed by atoms with van der Waals surface area (Å²) in [6.45, 7) is 9.35. The topological polar surface area (TPSA) is 35.5 Å². The minimum Gasteiger partial charge on any atom is -0.389 e. The Hall–Kier alpha value is -0.580. The third-order valence-electron chi connectivity index (χ3n) is 2.78. The van der Waals surface area contributed by atoms with E-state index >= 15 is 0 Å². The van der Waals surface area contributed by atoms with Gasteiger partial charge in [0.05, 0.1) is 5.60 Å². The van der Waals surface area contributed by atoms with Gasteiger partial charge in [-0.05, 0) is 37.6 Å². The summed E-state index contributed by atoms with van der Waals surface area (Å²) >= 11 is 3.52. The van der Waals surface area contributed by atoms with Gasteiger partial charge in [0, 0.05) is 36.3 Å². The van der Waals surface area contributed by atoms with Crippen molar-refractivity contribution in [1.29, 1.82) is 0 Å². The average Bonchev–Trinajstić information content (AvgIpc) is 2.23. The number of likely N-dealkylation sites (N-methyl/N-ethyl adjacent to an activating group) is 1. The molecule has 4 heteroatoms. The number of hydrogen-bond acceptors (Lipinski definition) is 3. The first-order valence-electron chi connectivity index (χ1n) is 6.64. The second-order valence-corrected chi connectivity index (χ2v) is 6.89. The molecule has 0 aliphatic carbocycles. The fourth-order valence-corrected chi connectivity index (χ4v) is 2.46. The van der Waals surface area contributed by atoms with Crippen LogP contribution in [0.2, 0.25) is 0 Å². The summed E-state index contributed by atoms with van der Waals surface area (Å²) in [4.78, 5) is 2.10. The summed E-state index contributed by atoms with van der Waals surface area (Å²) in [5.74, 6) is 0. The predicted molar refractivity (Wildman–Crippen MR) is 85.7 cm³/mol. The molecule has 0 bridgehead atoms. The highest BCUT2D eigenvalue weighted by atomic mass is 79.9. The van der Waals surface area contributed by atoms with E-state index in [2.05, 4.69) is 52.1 Å². The van der Waals surface area contributed by atoms with Crippen LogP contribution in [0.4, 0.5) is 5.69 Å². The van der Waals surface area contributed by atoms with Crippen molar-refractivity contribution in [2.45, 2.75) is 45.9 Å². The Bertz CT molecular complexity index is 413. The van der Waals surface area contributed by atoms with Gasteiger partial charge in [0.25, 0.3) is 0 Å². The standard InChI is InChI=1S/C15H25BrN2O/c1-11(2)17-9-12-8-13(16)6-7-14(12)18(5)10-15(3,4)19/h6-8,11,17,19H,9-10H2,1-5H3. The zero-order chi connectivity index (χ0) is 14.6. The van der Waals surface area contributed by atoms with Gasteiger partial charge < -0.3 is 15.3 Å². The first-order chi connectivity index (χ1) is 8.69. The number of hydrogen-bond donors (Lipinski definition) is 2. The Labute approximate surface area is 125 Å². The maximum atomic E-state index is 9.95. The first-order valence-corrected chi connectivity index (χ1v) is 7.43. The van der Waals surface area contributed by atoms with Gasteiger partial charge in [0.15, 0.2) is 0 Å². The van der Waals surface area contributed by atoms with Crippen LogP contribution in [0, 0.1) is 0 Å².